The summed E-state index contributed by atoms with van der Waals surface area (Å²) in [6.45, 7) is -0.0463. The second kappa shape index (κ2) is 8.00. The van der Waals surface area contributed by atoms with Crippen molar-refractivity contribution in [2.75, 3.05) is 34.8 Å². The molecule has 136 valence electrons. The molecule has 1 N–H and O–H groups in total. The first-order valence-electron chi connectivity index (χ1n) is 8.22. The molecule has 7 heteroatoms. The van der Waals surface area contributed by atoms with Gasteiger partial charge in [-0.1, -0.05) is 12.1 Å². The molecule has 1 saturated heterocycles. The molecule has 0 spiro atoms. The first kappa shape index (κ1) is 18.8. The van der Waals surface area contributed by atoms with Crippen molar-refractivity contribution >= 4 is 17.7 Å². The Morgan fingerprint density at radius 2 is 1.92 bits per heavy atom. The molecule has 25 heavy (non-hydrogen) atoms. The molecule has 1 heterocycles. The summed E-state index contributed by atoms with van der Waals surface area (Å²) in [5, 5.41) is 2.70. The maximum absolute atomic E-state index is 12.6. The quantitative estimate of drug-likeness (QED) is 0.855. The molecule has 1 aliphatic heterocycles. The fourth-order valence-corrected chi connectivity index (χ4v) is 3.02. The van der Waals surface area contributed by atoms with Gasteiger partial charge in [-0.15, -0.1) is 0 Å². The highest BCUT2D eigenvalue weighted by molar-refractivity contribution is 5.88. The number of ether oxygens (including phenoxy) is 1. The van der Waals surface area contributed by atoms with E-state index in [-0.39, 0.29) is 30.3 Å². The van der Waals surface area contributed by atoms with Gasteiger partial charge in [-0.3, -0.25) is 14.4 Å². The summed E-state index contributed by atoms with van der Waals surface area (Å²) in [7, 11) is 6.58. The van der Waals surface area contributed by atoms with Crippen LogP contribution in [0.1, 0.15) is 24.4 Å². The van der Waals surface area contributed by atoms with Crippen molar-refractivity contribution in [3.63, 3.8) is 0 Å². The van der Waals surface area contributed by atoms with Crippen LogP contribution in [0.15, 0.2) is 24.3 Å². The van der Waals surface area contributed by atoms with E-state index in [9.17, 15) is 14.4 Å². The predicted molar refractivity (Wildman–Crippen MR) is 92.9 cm³/mol. The molecular formula is C18H25N3O4. The van der Waals surface area contributed by atoms with Crippen molar-refractivity contribution in [1.29, 1.82) is 0 Å². The first-order chi connectivity index (χ1) is 11.8. The fraction of sp³-hybridized carbons (Fsp3) is 0.500. The molecule has 2 rings (SSSR count). The summed E-state index contributed by atoms with van der Waals surface area (Å²) in [5.41, 5.74) is 0.871. The summed E-state index contributed by atoms with van der Waals surface area (Å²) in [4.78, 5) is 39.5. The Morgan fingerprint density at radius 3 is 2.48 bits per heavy atom. The van der Waals surface area contributed by atoms with Gasteiger partial charge < -0.3 is 19.9 Å². The number of carbonyl (C=O) groups is 3. The fourth-order valence-electron chi connectivity index (χ4n) is 3.02. The Balaban J connectivity index is 2.19. The van der Waals surface area contributed by atoms with E-state index >= 15 is 0 Å². The SMILES string of the molecule is COc1ccc(C2C(C(=O)NCC(=O)N(C)C)CCC(=O)N2C)cc1. The van der Waals surface area contributed by atoms with Gasteiger partial charge in [0.05, 0.1) is 25.6 Å². The average molecular weight is 347 g/mol. The summed E-state index contributed by atoms with van der Waals surface area (Å²) in [5.74, 6) is -0.0589. The number of amides is 3. The average Bonchev–Trinajstić information content (AvgIpc) is 2.61. The Hall–Kier alpha value is -2.57. The van der Waals surface area contributed by atoms with E-state index in [0.717, 1.165) is 5.56 Å². The van der Waals surface area contributed by atoms with Crippen LogP contribution in [0.5, 0.6) is 5.75 Å². The van der Waals surface area contributed by atoms with Gasteiger partial charge in [-0.25, -0.2) is 0 Å². The number of likely N-dealkylation sites (N-methyl/N-ethyl adjacent to an activating group) is 1. The lowest BCUT2D eigenvalue weighted by Crippen LogP contribution is -2.47. The zero-order valence-electron chi connectivity index (χ0n) is 15.1. The monoisotopic (exact) mass is 347 g/mol. The molecule has 2 unspecified atom stereocenters. The van der Waals surface area contributed by atoms with Crippen molar-refractivity contribution in [1.82, 2.24) is 15.1 Å². The van der Waals surface area contributed by atoms with Crippen LogP contribution < -0.4 is 10.1 Å². The van der Waals surface area contributed by atoms with Gasteiger partial charge in [-0.05, 0) is 24.1 Å². The summed E-state index contributed by atoms with van der Waals surface area (Å²) < 4.78 is 5.16. The smallest absolute Gasteiger partial charge is 0.241 e. The van der Waals surface area contributed by atoms with E-state index in [4.69, 9.17) is 4.74 Å². The lowest BCUT2D eigenvalue weighted by molar-refractivity contribution is -0.142. The molecule has 7 nitrogen and oxygen atoms in total. The summed E-state index contributed by atoms with van der Waals surface area (Å²) in [6, 6.07) is 6.99. The maximum Gasteiger partial charge on any atom is 0.241 e. The van der Waals surface area contributed by atoms with E-state index in [0.29, 0.717) is 18.6 Å². The molecule has 0 saturated carbocycles. The van der Waals surface area contributed by atoms with Crippen LogP contribution in [-0.4, -0.2) is 62.3 Å². The van der Waals surface area contributed by atoms with Crippen molar-refractivity contribution in [3.8, 4) is 5.75 Å². The largest absolute Gasteiger partial charge is 0.497 e. The van der Waals surface area contributed by atoms with Gasteiger partial charge in [0, 0.05) is 27.6 Å². The van der Waals surface area contributed by atoms with Crippen LogP contribution in [0.2, 0.25) is 0 Å². The van der Waals surface area contributed by atoms with Crippen LogP contribution in [0.25, 0.3) is 0 Å². The number of rotatable bonds is 5. The minimum absolute atomic E-state index is 0.00855. The molecule has 1 aromatic rings. The van der Waals surface area contributed by atoms with Crippen LogP contribution in [0.4, 0.5) is 0 Å². The molecule has 1 aliphatic rings. The van der Waals surface area contributed by atoms with Gasteiger partial charge in [0.15, 0.2) is 0 Å². The number of nitrogens with zero attached hydrogens (tertiary/aromatic N) is 2. The lowest BCUT2D eigenvalue weighted by atomic mass is 9.84. The van der Waals surface area contributed by atoms with Crippen molar-refractivity contribution in [2.45, 2.75) is 18.9 Å². The maximum atomic E-state index is 12.6. The number of hydrogen-bond acceptors (Lipinski definition) is 4. The van der Waals surface area contributed by atoms with E-state index < -0.39 is 5.92 Å². The Kier molecular flexibility index (Phi) is 6.01. The van der Waals surface area contributed by atoms with Gasteiger partial charge in [-0.2, -0.15) is 0 Å². The molecule has 1 aromatic carbocycles. The van der Waals surface area contributed by atoms with Gasteiger partial charge >= 0.3 is 0 Å². The topological polar surface area (TPSA) is 79.0 Å². The van der Waals surface area contributed by atoms with Crippen LogP contribution in [-0.2, 0) is 14.4 Å². The van der Waals surface area contributed by atoms with Crippen LogP contribution in [0, 0.1) is 5.92 Å². The van der Waals surface area contributed by atoms with E-state index in [2.05, 4.69) is 5.32 Å². The summed E-state index contributed by atoms with van der Waals surface area (Å²) in [6.07, 6.45) is 0.782. The third-order valence-corrected chi connectivity index (χ3v) is 4.57. The number of nitrogens with one attached hydrogen (secondary N) is 1. The number of piperidine rings is 1. The number of hydrogen-bond donors (Lipinski definition) is 1. The van der Waals surface area contributed by atoms with Crippen molar-refractivity contribution < 1.29 is 19.1 Å². The number of benzene rings is 1. The van der Waals surface area contributed by atoms with E-state index in [1.54, 1.807) is 33.2 Å². The number of carbonyl (C=O) groups excluding carboxylic acids is 3. The van der Waals surface area contributed by atoms with Crippen LogP contribution >= 0.6 is 0 Å². The zero-order valence-corrected chi connectivity index (χ0v) is 15.1. The van der Waals surface area contributed by atoms with Crippen molar-refractivity contribution in [2.24, 2.45) is 5.92 Å². The number of methoxy groups -OCH3 is 1. The second-order valence-electron chi connectivity index (χ2n) is 6.37. The normalized spacial score (nSPS) is 20.2. The Bertz CT molecular complexity index is 642. The highest BCUT2D eigenvalue weighted by Gasteiger charge is 2.38. The van der Waals surface area contributed by atoms with Gasteiger partial charge in [0.25, 0.3) is 0 Å². The highest BCUT2D eigenvalue weighted by Crippen LogP contribution is 2.36. The number of likely N-dealkylation sites (tertiary alicyclic amines) is 1. The second-order valence-corrected chi connectivity index (χ2v) is 6.37. The van der Waals surface area contributed by atoms with E-state index in [1.165, 1.54) is 4.90 Å². The molecule has 0 bridgehead atoms. The molecule has 0 radical (unpaired) electrons. The van der Waals surface area contributed by atoms with Crippen molar-refractivity contribution in [3.05, 3.63) is 29.8 Å². The molecule has 0 aromatic heterocycles. The molecule has 2 atom stereocenters. The minimum Gasteiger partial charge on any atom is -0.497 e. The third kappa shape index (κ3) is 4.29. The molecular weight excluding hydrogens is 322 g/mol. The molecule has 1 fully saturated rings. The van der Waals surface area contributed by atoms with E-state index in [1.807, 2.05) is 24.3 Å². The molecule has 3 amide bonds. The van der Waals surface area contributed by atoms with Gasteiger partial charge in [0.2, 0.25) is 17.7 Å². The zero-order chi connectivity index (χ0) is 18.6. The molecule has 0 aliphatic carbocycles. The minimum atomic E-state index is -0.397. The Morgan fingerprint density at radius 1 is 1.28 bits per heavy atom. The Labute approximate surface area is 147 Å². The van der Waals surface area contributed by atoms with Gasteiger partial charge in [0.1, 0.15) is 5.75 Å². The van der Waals surface area contributed by atoms with Crippen LogP contribution in [0.3, 0.4) is 0 Å². The third-order valence-electron chi connectivity index (χ3n) is 4.57. The first-order valence-corrected chi connectivity index (χ1v) is 8.22. The predicted octanol–water partition coefficient (Wildman–Crippen LogP) is 0.809. The lowest BCUT2D eigenvalue weighted by Gasteiger charge is -2.38. The summed E-state index contributed by atoms with van der Waals surface area (Å²) >= 11 is 0. The standard InChI is InChI=1S/C18H25N3O4/c1-20(2)16(23)11-19-18(24)14-9-10-15(22)21(3)17(14)12-5-7-13(25-4)8-6-12/h5-8,14,17H,9-11H2,1-4H3,(H,19,24). The highest BCUT2D eigenvalue weighted by atomic mass is 16.5.